The van der Waals surface area contributed by atoms with E-state index >= 15 is 0 Å². The standard InChI is InChI=1S/C11H19ClN2S/c1-4-11(5-2,7-12)8-13-10-14-9(3)6-15-10/h6H,4-5,7-8H2,1-3H3,(H,13,14). The summed E-state index contributed by atoms with van der Waals surface area (Å²) in [6.07, 6.45) is 2.20. The molecule has 0 atom stereocenters. The SMILES string of the molecule is CCC(CC)(CCl)CNc1nc(C)cs1. The fraction of sp³-hybridized carbons (Fsp3) is 0.727. The summed E-state index contributed by atoms with van der Waals surface area (Å²) in [4.78, 5) is 4.38. The Labute approximate surface area is 101 Å². The van der Waals surface area contributed by atoms with Crippen LogP contribution in [-0.2, 0) is 0 Å². The average Bonchev–Trinajstić information content (AvgIpc) is 2.67. The average molecular weight is 247 g/mol. The third-order valence-corrected chi connectivity index (χ3v) is 4.50. The van der Waals surface area contributed by atoms with Gasteiger partial charge >= 0.3 is 0 Å². The van der Waals surface area contributed by atoms with Crippen LogP contribution in [0.25, 0.3) is 0 Å². The molecule has 86 valence electrons. The van der Waals surface area contributed by atoms with E-state index < -0.39 is 0 Å². The van der Waals surface area contributed by atoms with Crippen molar-refractivity contribution < 1.29 is 0 Å². The predicted octanol–water partition coefficient (Wildman–Crippen LogP) is 3.91. The first kappa shape index (κ1) is 12.8. The van der Waals surface area contributed by atoms with Crippen molar-refractivity contribution in [2.24, 2.45) is 5.41 Å². The topological polar surface area (TPSA) is 24.9 Å². The second-order valence-electron chi connectivity index (χ2n) is 3.99. The molecule has 0 saturated carbocycles. The lowest BCUT2D eigenvalue weighted by atomic mass is 9.84. The number of anilines is 1. The molecule has 0 spiro atoms. The van der Waals surface area contributed by atoms with Crippen LogP contribution < -0.4 is 5.32 Å². The highest BCUT2D eigenvalue weighted by atomic mass is 35.5. The van der Waals surface area contributed by atoms with Crippen molar-refractivity contribution in [2.45, 2.75) is 33.6 Å². The van der Waals surface area contributed by atoms with E-state index in [2.05, 4.69) is 29.5 Å². The van der Waals surface area contributed by atoms with Gasteiger partial charge in [-0.05, 0) is 19.8 Å². The molecule has 0 aromatic carbocycles. The molecule has 1 aromatic heterocycles. The van der Waals surface area contributed by atoms with Gasteiger partial charge < -0.3 is 5.32 Å². The first-order chi connectivity index (χ1) is 7.15. The number of aromatic nitrogens is 1. The van der Waals surface area contributed by atoms with E-state index in [0.717, 1.165) is 30.2 Å². The maximum Gasteiger partial charge on any atom is 0.182 e. The van der Waals surface area contributed by atoms with Crippen molar-refractivity contribution in [3.63, 3.8) is 0 Å². The molecule has 0 unspecified atom stereocenters. The molecule has 1 heterocycles. The van der Waals surface area contributed by atoms with Gasteiger partial charge in [-0.15, -0.1) is 22.9 Å². The molecule has 0 bridgehead atoms. The molecule has 4 heteroatoms. The van der Waals surface area contributed by atoms with E-state index in [1.54, 1.807) is 11.3 Å². The summed E-state index contributed by atoms with van der Waals surface area (Å²) in [7, 11) is 0. The Hall–Kier alpha value is -0.280. The number of nitrogens with zero attached hydrogens (tertiary/aromatic N) is 1. The van der Waals surface area contributed by atoms with Crippen molar-refractivity contribution in [1.82, 2.24) is 4.98 Å². The second-order valence-corrected chi connectivity index (χ2v) is 5.11. The smallest absolute Gasteiger partial charge is 0.182 e. The molecule has 0 saturated heterocycles. The lowest BCUT2D eigenvalue weighted by molar-refractivity contribution is 0.327. The van der Waals surface area contributed by atoms with Crippen molar-refractivity contribution in [2.75, 3.05) is 17.7 Å². The third kappa shape index (κ3) is 3.35. The number of nitrogens with one attached hydrogen (secondary N) is 1. The predicted molar refractivity (Wildman–Crippen MR) is 69.1 cm³/mol. The van der Waals surface area contributed by atoms with Crippen molar-refractivity contribution in [1.29, 1.82) is 0 Å². The molecule has 1 rings (SSSR count). The fourth-order valence-corrected chi connectivity index (χ4v) is 2.59. The normalized spacial score (nSPS) is 11.7. The van der Waals surface area contributed by atoms with E-state index in [1.807, 2.05) is 6.92 Å². The molecule has 0 fully saturated rings. The molecule has 0 radical (unpaired) electrons. The van der Waals surface area contributed by atoms with Gasteiger partial charge in [0.2, 0.25) is 0 Å². The Morgan fingerprint density at radius 2 is 2.13 bits per heavy atom. The number of alkyl halides is 1. The first-order valence-electron chi connectivity index (χ1n) is 5.37. The summed E-state index contributed by atoms with van der Waals surface area (Å²) in [5.41, 5.74) is 1.29. The van der Waals surface area contributed by atoms with Crippen LogP contribution in [0, 0.1) is 12.3 Å². The van der Waals surface area contributed by atoms with Crippen LogP contribution in [0.3, 0.4) is 0 Å². The maximum absolute atomic E-state index is 6.04. The molecule has 0 aliphatic carbocycles. The molecule has 0 amide bonds. The quantitative estimate of drug-likeness (QED) is 0.770. The molecular formula is C11H19ClN2S. The summed E-state index contributed by atoms with van der Waals surface area (Å²) < 4.78 is 0. The van der Waals surface area contributed by atoms with Gasteiger partial charge in [0.15, 0.2) is 5.13 Å². The van der Waals surface area contributed by atoms with Crippen LogP contribution in [0.5, 0.6) is 0 Å². The molecule has 1 aromatic rings. The van der Waals surface area contributed by atoms with Crippen molar-refractivity contribution in [3.8, 4) is 0 Å². The third-order valence-electron chi connectivity index (χ3n) is 3.02. The molecule has 0 aliphatic rings. The van der Waals surface area contributed by atoms with E-state index in [-0.39, 0.29) is 5.41 Å². The number of rotatable bonds is 6. The largest absolute Gasteiger partial charge is 0.361 e. The van der Waals surface area contributed by atoms with Crippen LogP contribution >= 0.6 is 22.9 Å². The van der Waals surface area contributed by atoms with Gasteiger partial charge in [-0.1, -0.05) is 13.8 Å². The van der Waals surface area contributed by atoms with Crippen LogP contribution in [0.1, 0.15) is 32.4 Å². The van der Waals surface area contributed by atoms with Gasteiger partial charge in [0.1, 0.15) is 0 Å². The van der Waals surface area contributed by atoms with Gasteiger partial charge in [-0.25, -0.2) is 4.98 Å². The first-order valence-corrected chi connectivity index (χ1v) is 6.79. The highest BCUT2D eigenvalue weighted by molar-refractivity contribution is 7.13. The molecule has 2 nitrogen and oxygen atoms in total. The highest BCUT2D eigenvalue weighted by Crippen LogP contribution is 2.28. The lowest BCUT2D eigenvalue weighted by Gasteiger charge is -2.29. The Bertz CT molecular complexity index is 286. The Balaban J connectivity index is 2.54. The summed E-state index contributed by atoms with van der Waals surface area (Å²) in [5, 5.41) is 6.44. The van der Waals surface area contributed by atoms with Crippen molar-refractivity contribution in [3.05, 3.63) is 11.1 Å². The van der Waals surface area contributed by atoms with E-state index in [0.29, 0.717) is 5.88 Å². The number of aryl methyl sites for hydroxylation is 1. The number of hydrogen-bond acceptors (Lipinski definition) is 3. The minimum absolute atomic E-state index is 0.209. The van der Waals surface area contributed by atoms with Crippen molar-refractivity contribution >= 4 is 28.1 Å². The number of thiazole rings is 1. The van der Waals surface area contributed by atoms with Gasteiger partial charge in [0, 0.05) is 23.2 Å². The van der Waals surface area contributed by atoms with Crippen LogP contribution in [0.4, 0.5) is 5.13 Å². The zero-order valence-corrected chi connectivity index (χ0v) is 11.2. The monoisotopic (exact) mass is 246 g/mol. The highest BCUT2D eigenvalue weighted by Gasteiger charge is 2.24. The fourth-order valence-electron chi connectivity index (χ4n) is 1.43. The van der Waals surface area contributed by atoms with Crippen LogP contribution in [-0.4, -0.2) is 17.4 Å². The minimum Gasteiger partial charge on any atom is -0.361 e. The summed E-state index contributed by atoms with van der Waals surface area (Å²) in [5.74, 6) is 0.706. The van der Waals surface area contributed by atoms with Gasteiger partial charge in [0.05, 0.1) is 5.69 Å². The Morgan fingerprint density at radius 3 is 2.53 bits per heavy atom. The van der Waals surface area contributed by atoms with Gasteiger partial charge in [-0.2, -0.15) is 0 Å². The summed E-state index contributed by atoms with van der Waals surface area (Å²) in [6, 6.07) is 0. The van der Waals surface area contributed by atoms with E-state index in [1.165, 1.54) is 0 Å². The van der Waals surface area contributed by atoms with Gasteiger partial charge in [0.25, 0.3) is 0 Å². The second kappa shape index (κ2) is 5.71. The lowest BCUT2D eigenvalue weighted by Crippen LogP contribution is -2.30. The molecule has 1 N–H and O–H groups in total. The summed E-state index contributed by atoms with van der Waals surface area (Å²) >= 11 is 7.70. The van der Waals surface area contributed by atoms with Gasteiger partial charge in [-0.3, -0.25) is 0 Å². The number of hydrogen-bond donors (Lipinski definition) is 1. The molecule has 15 heavy (non-hydrogen) atoms. The zero-order chi connectivity index (χ0) is 11.3. The molecule has 0 aliphatic heterocycles. The van der Waals surface area contributed by atoms with Crippen LogP contribution in [0.15, 0.2) is 5.38 Å². The van der Waals surface area contributed by atoms with Crippen LogP contribution in [0.2, 0.25) is 0 Å². The molecular weight excluding hydrogens is 228 g/mol. The van der Waals surface area contributed by atoms with E-state index in [4.69, 9.17) is 11.6 Å². The maximum atomic E-state index is 6.04. The Kier molecular flexibility index (Phi) is 4.87. The summed E-state index contributed by atoms with van der Waals surface area (Å²) in [6.45, 7) is 7.31. The minimum atomic E-state index is 0.209. The number of halogens is 1. The zero-order valence-electron chi connectivity index (χ0n) is 9.64. The Morgan fingerprint density at radius 1 is 1.47 bits per heavy atom. The van der Waals surface area contributed by atoms with E-state index in [9.17, 15) is 0 Å².